The number of hydrogen-bond donors (Lipinski definition) is 3. The van der Waals surface area contributed by atoms with Crippen molar-refractivity contribution in [2.45, 2.75) is 38.6 Å². The van der Waals surface area contributed by atoms with Gasteiger partial charge in [-0.3, -0.25) is 4.79 Å². The van der Waals surface area contributed by atoms with Gasteiger partial charge in [-0.05, 0) is 31.2 Å². The van der Waals surface area contributed by atoms with Crippen LogP contribution in [0.2, 0.25) is 0 Å². The Kier molecular flexibility index (Phi) is 6.25. The molecule has 0 spiro atoms. The SMILES string of the molecule is CCNC(=NCC(=O)NC1CC1)NCC(C)c1ccccc1. The molecule has 120 valence electrons. The number of carbonyl (C=O) groups is 1. The lowest BCUT2D eigenvalue weighted by Crippen LogP contribution is -2.40. The topological polar surface area (TPSA) is 65.5 Å². The molecular weight excluding hydrogens is 276 g/mol. The van der Waals surface area contributed by atoms with Crippen molar-refractivity contribution >= 4 is 11.9 Å². The summed E-state index contributed by atoms with van der Waals surface area (Å²) in [7, 11) is 0. The first-order valence-electron chi connectivity index (χ1n) is 8.05. The second-order valence-electron chi connectivity index (χ2n) is 5.73. The molecule has 0 aromatic heterocycles. The Labute approximate surface area is 132 Å². The van der Waals surface area contributed by atoms with E-state index in [1.165, 1.54) is 5.56 Å². The molecule has 5 heteroatoms. The second kappa shape index (κ2) is 8.41. The summed E-state index contributed by atoms with van der Waals surface area (Å²) in [6, 6.07) is 10.8. The molecule has 0 heterocycles. The molecule has 1 unspecified atom stereocenters. The average molecular weight is 302 g/mol. The number of hydrogen-bond acceptors (Lipinski definition) is 2. The smallest absolute Gasteiger partial charge is 0.242 e. The molecule has 5 nitrogen and oxygen atoms in total. The van der Waals surface area contributed by atoms with Crippen molar-refractivity contribution in [3.63, 3.8) is 0 Å². The summed E-state index contributed by atoms with van der Waals surface area (Å²) in [5.74, 6) is 1.07. The zero-order chi connectivity index (χ0) is 15.8. The zero-order valence-electron chi connectivity index (χ0n) is 13.4. The van der Waals surface area contributed by atoms with E-state index in [1.807, 2.05) is 25.1 Å². The monoisotopic (exact) mass is 302 g/mol. The number of amides is 1. The minimum Gasteiger partial charge on any atom is -0.357 e. The third-order valence-electron chi connectivity index (χ3n) is 3.61. The number of benzene rings is 1. The maximum Gasteiger partial charge on any atom is 0.242 e. The van der Waals surface area contributed by atoms with Crippen LogP contribution >= 0.6 is 0 Å². The van der Waals surface area contributed by atoms with E-state index in [1.54, 1.807) is 0 Å². The number of guanidine groups is 1. The molecule has 0 saturated heterocycles. The van der Waals surface area contributed by atoms with E-state index < -0.39 is 0 Å². The Morgan fingerprint density at radius 1 is 1.27 bits per heavy atom. The summed E-state index contributed by atoms with van der Waals surface area (Å²) in [5.41, 5.74) is 1.29. The van der Waals surface area contributed by atoms with E-state index in [4.69, 9.17) is 0 Å². The van der Waals surface area contributed by atoms with Crippen molar-refractivity contribution in [2.24, 2.45) is 4.99 Å². The van der Waals surface area contributed by atoms with Gasteiger partial charge in [-0.2, -0.15) is 0 Å². The van der Waals surface area contributed by atoms with E-state index in [-0.39, 0.29) is 12.5 Å². The lowest BCUT2D eigenvalue weighted by atomic mass is 10.0. The van der Waals surface area contributed by atoms with Gasteiger partial charge in [-0.15, -0.1) is 0 Å². The summed E-state index contributed by atoms with van der Waals surface area (Å²) in [5, 5.41) is 9.42. The van der Waals surface area contributed by atoms with Gasteiger partial charge < -0.3 is 16.0 Å². The molecule has 1 aliphatic carbocycles. The first-order valence-corrected chi connectivity index (χ1v) is 8.05. The van der Waals surface area contributed by atoms with Crippen LogP contribution in [0.15, 0.2) is 35.3 Å². The van der Waals surface area contributed by atoms with E-state index in [9.17, 15) is 4.79 Å². The minimum absolute atomic E-state index is 0.00388. The largest absolute Gasteiger partial charge is 0.357 e. The van der Waals surface area contributed by atoms with E-state index in [2.05, 4.69) is 40.0 Å². The van der Waals surface area contributed by atoms with Gasteiger partial charge in [0.1, 0.15) is 6.54 Å². The first-order chi connectivity index (χ1) is 10.7. The van der Waals surface area contributed by atoms with Crippen LogP contribution in [0.3, 0.4) is 0 Å². The van der Waals surface area contributed by atoms with Crippen molar-refractivity contribution in [2.75, 3.05) is 19.6 Å². The number of nitrogens with one attached hydrogen (secondary N) is 3. The van der Waals surface area contributed by atoms with E-state index in [0.29, 0.717) is 17.9 Å². The molecule has 22 heavy (non-hydrogen) atoms. The summed E-state index contributed by atoms with van der Waals surface area (Å²) in [6.45, 7) is 5.91. The molecule has 1 saturated carbocycles. The lowest BCUT2D eigenvalue weighted by molar-refractivity contribution is -0.119. The molecule has 1 fully saturated rings. The highest BCUT2D eigenvalue weighted by atomic mass is 16.2. The van der Waals surface area contributed by atoms with Crippen molar-refractivity contribution < 1.29 is 4.79 Å². The second-order valence-corrected chi connectivity index (χ2v) is 5.73. The number of rotatable bonds is 7. The highest BCUT2D eigenvalue weighted by Gasteiger charge is 2.22. The first kappa shape index (κ1) is 16.3. The molecule has 0 bridgehead atoms. The van der Waals surface area contributed by atoms with Crippen LogP contribution in [0.25, 0.3) is 0 Å². The third-order valence-corrected chi connectivity index (χ3v) is 3.61. The Bertz CT molecular complexity index is 497. The van der Waals surface area contributed by atoms with E-state index >= 15 is 0 Å². The molecule has 1 amide bonds. The lowest BCUT2D eigenvalue weighted by Gasteiger charge is -2.16. The highest BCUT2D eigenvalue weighted by Crippen LogP contribution is 2.18. The predicted octanol–water partition coefficient (Wildman–Crippen LogP) is 1.62. The minimum atomic E-state index is -0.00388. The van der Waals surface area contributed by atoms with Crippen LogP contribution in [-0.2, 0) is 4.79 Å². The fraction of sp³-hybridized carbons (Fsp3) is 0.529. The average Bonchev–Trinajstić information content (AvgIpc) is 3.34. The predicted molar refractivity (Wildman–Crippen MR) is 90.0 cm³/mol. The van der Waals surface area contributed by atoms with Gasteiger partial charge in [-0.1, -0.05) is 37.3 Å². The zero-order valence-corrected chi connectivity index (χ0v) is 13.4. The van der Waals surface area contributed by atoms with Gasteiger partial charge >= 0.3 is 0 Å². The molecule has 1 atom stereocenters. The quantitative estimate of drug-likeness (QED) is 0.530. The summed E-state index contributed by atoms with van der Waals surface area (Å²) >= 11 is 0. The standard InChI is InChI=1S/C17H26N4O/c1-3-18-17(20-12-16(22)21-15-9-10-15)19-11-13(2)14-7-5-4-6-8-14/h4-8,13,15H,3,9-12H2,1-2H3,(H,21,22)(H2,18,19,20). The molecule has 0 aliphatic heterocycles. The van der Waals surface area contributed by atoms with Crippen LogP contribution in [0.4, 0.5) is 0 Å². The Hall–Kier alpha value is -2.04. The van der Waals surface area contributed by atoms with Gasteiger partial charge in [0.05, 0.1) is 0 Å². The molecule has 3 N–H and O–H groups in total. The third kappa shape index (κ3) is 5.76. The normalized spacial score (nSPS) is 16.0. The summed E-state index contributed by atoms with van der Waals surface area (Å²) in [4.78, 5) is 16.0. The molecule has 1 aliphatic rings. The fourth-order valence-corrected chi connectivity index (χ4v) is 2.14. The Balaban J connectivity index is 1.80. The van der Waals surface area contributed by atoms with Gasteiger partial charge in [0, 0.05) is 19.1 Å². The van der Waals surface area contributed by atoms with Crippen molar-refractivity contribution in [3.05, 3.63) is 35.9 Å². The van der Waals surface area contributed by atoms with Crippen LogP contribution in [-0.4, -0.2) is 37.5 Å². The summed E-state index contributed by atoms with van der Waals surface area (Å²) < 4.78 is 0. The maximum atomic E-state index is 11.7. The van der Waals surface area contributed by atoms with Gasteiger partial charge in [-0.25, -0.2) is 4.99 Å². The van der Waals surface area contributed by atoms with Gasteiger partial charge in [0.2, 0.25) is 5.91 Å². The molecule has 1 aromatic carbocycles. The molecular formula is C17H26N4O. The van der Waals surface area contributed by atoms with Crippen LogP contribution in [0.1, 0.15) is 38.2 Å². The highest BCUT2D eigenvalue weighted by molar-refractivity contribution is 5.85. The van der Waals surface area contributed by atoms with Crippen molar-refractivity contribution in [1.29, 1.82) is 0 Å². The van der Waals surface area contributed by atoms with Crippen LogP contribution < -0.4 is 16.0 Å². The molecule has 2 rings (SSSR count). The van der Waals surface area contributed by atoms with Gasteiger partial charge in [0.25, 0.3) is 0 Å². The van der Waals surface area contributed by atoms with Crippen molar-refractivity contribution in [3.8, 4) is 0 Å². The van der Waals surface area contributed by atoms with Gasteiger partial charge in [0.15, 0.2) is 5.96 Å². The Morgan fingerprint density at radius 3 is 2.64 bits per heavy atom. The summed E-state index contributed by atoms with van der Waals surface area (Å²) in [6.07, 6.45) is 2.20. The maximum absolute atomic E-state index is 11.7. The van der Waals surface area contributed by atoms with Crippen molar-refractivity contribution in [1.82, 2.24) is 16.0 Å². The van der Waals surface area contributed by atoms with Crippen LogP contribution in [0.5, 0.6) is 0 Å². The number of nitrogens with zero attached hydrogens (tertiary/aromatic N) is 1. The Morgan fingerprint density at radius 2 is 2.00 bits per heavy atom. The number of carbonyl (C=O) groups excluding carboxylic acids is 1. The fourth-order valence-electron chi connectivity index (χ4n) is 2.14. The molecule has 1 aromatic rings. The van der Waals surface area contributed by atoms with Crippen LogP contribution in [0, 0.1) is 0 Å². The molecule has 0 radical (unpaired) electrons. The number of aliphatic imine (C=N–C) groups is 1. The van der Waals surface area contributed by atoms with E-state index in [0.717, 1.165) is 25.9 Å².